The lowest BCUT2D eigenvalue weighted by Gasteiger charge is -2.46. The molecule has 4 rings (SSSR count). The summed E-state index contributed by atoms with van der Waals surface area (Å²) in [4.78, 5) is 2.57. The molecule has 31 heavy (non-hydrogen) atoms. The maximum absolute atomic E-state index is 12.7. The second-order valence-electron chi connectivity index (χ2n) is 9.07. The number of hydrogen-bond donors (Lipinski definition) is 0. The number of halogens is 4. The third-order valence-electron chi connectivity index (χ3n) is 6.81. The Bertz CT molecular complexity index is 847. The van der Waals surface area contributed by atoms with Crippen molar-refractivity contribution < 1.29 is 17.9 Å². The molecule has 0 spiro atoms. The molecule has 0 aromatic heterocycles. The van der Waals surface area contributed by atoms with Gasteiger partial charge in [-0.25, -0.2) is 0 Å². The van der Waals surface area contributed by atoms with Crippen molar-refractivity contribution in [2.45, 2.75) is 50.1 Å². The lowest BCUT2D eigenvalue weighted by atomic mass is 9.64. The molecule has 1 unspecified atom stereocenters. The Morgan fingerprint density at radius 1 is 0.968 bits per heavy atom. The molecule has 168 valence electrons. The van der Waals surface area contributed by atoms with Crippen LogP contribution in [-0.2, 0) is 11.6 Å². The van der Waals surface area contributed by atoms with Gasteiger partial charge in [-0.3, -0.25) is 0 Å². The van der Waals surface area contributed by atoms with E-state index >= 15 is 0 Å². The first-order valence-electron chi connectivity index (χ1n) is 11.1. The van der Waals surface area contributed by atoms with Crippen LogP contribution in [0.4, 0.5) is 13.2 Å². The van der Waals surface area contributed by atoms with E-state index in [0.717, 1.165) is 49.6 Å². The third kappa shape index (κ3) is 5.56. The van der Waals surface area contributed by atoms with E-state index in [9.17, 15) is 13.2 Å². The lowest BCUT2D eigenvalue weighted by molar-refractivity contribution is -0.137. The highest BCUT2D eigenvalue weighted by atomic mass is 35.5. The first-order valence-corrected chi connectivity index (χ1v) is 11.5. The SMILES string of the molecule is FC(F)(F)c1ccc(OCC2CCCCN(CC3(c4ccc(Cl)cc4)CCC3)C2)cc1. The van der Waals surface area contributed by atoms with Gasteiger partial charge in [0.1, 0.15) is 5.75 Å². The van der Waals surface area contributed by atoms with Crippen LogP contribution in [0.3, 0.4) is 0 Å². The highest BCUT2D eigenvalue weighted by Gasteiger charge is 2.40. The Balaban J connectivity index is 1.36. The second kappa shape index (κ2) is 9.41. The minimum Gasteiger partial charge on any atom is -0.493 e. The quantitative estimate of drug-likeness (QED) is 0.470. The molecule has 2 aromatic carbocycles. The molecule has 2 nitrogen and oxygen atoms in total. The average molecular weight is 452 g/mol. The van der Waals surface area contributed by atoms with Gasteiger partial charge in [0.05, 0.1) is 12.2 Å². The van der Waals surface area contributed by atoms with E-state index in [0.29, 0.717) is 18.3 Å². The molecule has 1 saturated heterocycles. The van der Waals surface area contributed by atoms with E-state index in [1.165, 1.54) is 43.4 Å². The summed E-state index contributed by atoms with van der Waals surface area (Å²) in [6, 6.07) is 13.3. The van der Waals surface area contributed by atoms with Crippen molar-refractivity contribution in [2.24, 2.45) is 5.92 Å². The number of alkyl halides is 3. The zero-order valence-corrected chi connectivity index (χ0v) is 18.4. The highest BCUT2D eigenvalue weighted by molar-refractivity contribution is 6.30. The van der Waals surface area contributed by atoms with Crippen LogP contribution in [-0.4, -0.2) is 31.1 Å². The minimum atomic E-state index is -4.32. The Morgan fingerprint density at radius 3 is 2.29 bits per heavy atom. The van der Waals surface area contributed by atoms with Crippen molar-refractivity contribution in [3.8, 4) is 5.75 Å². The summed E-state index contributed by atoms with van der Waals surface area (Å²) in [7, 11) is 0. The first kappa shape index (κ1) is 22.5. The Labute approximate surface area is 187 Å². The Kier molecular flexibility index (Phi) is 6.83. The van der Waals surface area contributed by atoms with Crippen LogP contribution >= 0.6 is 11.6 Å². The summed E-state index contributed by atoms with van der Waals surface area (Å²) in [6.45, 7) is 3.64. The monoisotopic (exact) mass is 451 g/mol. The average Bonchev–Trinajstić information content (AvgIpc) is 2.94. The highest BCUT2D eigenvalue weighted by Crippen LogP contribution is 2.45. The van der Waals surface area contributed by atoms with Crippen LogP contribution in [0.1, 0.15) is 49.7 Å². The van der Waals surface area contributed by atoms with Crippen molar-refractivity contribution in [3.05, 3.63) is 64.7 Å². The standard InChI is InChI=1S/C25H29ClF3NO/c26-22-9-5-20(6-10-22)24(13-3-14-24)18-30-15-2-1-4-19(16-30)17-31-23-11-7-21(8-12-23)25(27,28)29/h5-12,19H,1-4,13-18H2. The number of hydrogen-bond acceptors (Lipinski definition) is 2. The minimum absolute atomic E-state index is 0.216. The van der Waals surface area contributed by atoms with E-state index in [1.807, 2.05) is 12.1 Å². The van der Waals surface area contributed by atoms with Gasteiger partial charge in [0, 0.05) is 29.4 Å². The van der Waals surface area contributed by atoms with Gasteiger partial charge >= 0.3 is 6.18 Å². The molecule has 0 bridgehead atoms. The van der Waals surface area contributed by atoms with E-state index in [-0.39, 0.29) is 5.41 Å². The van der Waals surface area contributed by atoms with Crippen LogP contribution in [0.15, 0.2) is 48.5 Å². The number of likely N-dealkylation sites (tertiary alicyclic amines) is 1. The molecular weight excluding hydrogens is 423 g/mol. The predicted molar refractivity (Wildman–Crippen MR) is 118 cm³/mol. The normalized spacial score (nSPS) is 21.9. The van der Waals surface area contributed by atoms with Gasteiger partial charge < -0.3 is 9.64 Å². The number of nitrogens with zero attached hydrogens (tertiary/aromatic N) is 1. The molecule has 1 aliphatic heterocycles. The topological polar surface area (TPSA) is 12.5 Å². The molecule has 0 radical (unpaired) electrons. The van der Waals surface area contributed by atoms with Crippen LogP contribution in [0, 0.1) is 5.92 Å². The fourth-order valence-corrected chi connectivity index (χ4v) is 5.05. The molecule has 1 heterocycles. The van der Waals surface area contributed by atoms with Gasteiger partial charge in [0.25, 0.3) is 0 Å². The largest absolute Gasteiger partial charge is 0.493 e. The smallest absolute Gasteiger partial charge is 0.416 e. The van der Waals surface area contributed by atoms with Crippen LogP contribution in [0.5, 0.6) is 5.75 Å². The van der Waals surface area contributed by atoms with E-state index in [1.54, 1.807) is 0 Å². The summed E-state index contributed by atoms with van der Waals surface area (Å²) in [6.07, 6.45) is 2.78. The number of rotatable bonds is 6. The van der Waals surface area contributed by atoms with Crippen molar-refractivity contribution >= 4 is 11.6 Å². The zero-order valence-electron chi connectivity index (χ0n) is 17.6. The molecule has 0 amide bonds. The summed E-state index contributed by atoms with van der Waals surface area (Å²) < 4.78 is 44.1. The van der Waals surface area contributed by atoms with Gasteiger partial charge in [0.2, 0.25) is 0 Å². The van der Waals surface area contributed by atoms with Crippen molar-refractivity contribution in [1.82, 2.24) is 4.90 Å². The van der Waals surface area contributed by atoms with Crippen LogP contribution < -0.4 is 4.74 Å². The van der Waals surface area contributed by atoms with Gasteiger partial charge in [-0.05, 0) is 74.2 Å². The molecule has 1 saturated carbocycles. The fourth-order valence-electron chi connectivity index (χ4n) is 4.92. The molecule has 0 N–H and O–H groups in total. The summed E-state index contributed by atoms with van der Waals surface area (Å²) in [5.41, 5.74) is 0.951. The van der Waals surface area contributed by atoms with E-state index in [4.69, 9.17) is 16.3 Å². The van der Waals surface area contributed by atoms with Gasteiger partial charge in [-0.2, -0.15) is 13.2 Å². The Morgan fingerprint density at radius 2 is 1.68 bits per heavy atom. The third-order valence-corrected chi connectivity index (χ3v) is 7.07. The van der Waals surface area contributed by atoms with Crippen molar-refractivity contribution in [1.29, 1.82) is 0 Å². The maximum atomic E-state index is 12.7. The molecular formula is C25H29ClF3NO. The summed E-state index contributed by atoms with van der Waals surface area (Å²) in [5, 5.41) is 0.772. The van der Waals surface area contributed by atoms with Crippen LogP contribution in [0.25, 0.3) is 0 Å². The van der Waals surface area contributed by atoms with Gasteiger partial charge in [-0.15, -0.1) is 0 Å². The van der Waals surface area contributed by atoms with Crippen LogP contribution in [0.2, 0.25) is 5.02 Å². The zero-order chi connectivity index (χ0) is 21.9. The van der Waals surface area contributed by atoms with Crippen molar-refractivity contribution in [3.63, 3.8) is 0 Å². The number of benzene rings is 2. The Hall–Kier alpha value is -1.72. The molecule has 2 aromatic rings. The summed E-state index contributed by atoms with van der Waals surface area (Å²) >= 11 is 6.09. The molecule has 2 aliphatic rings. The van der Waals surface area contributed by atoms with Gasteiger partial charge in [0.15, 0.2) is 0 Å². The molecule has 6 heteroatoms. The fraction of sp³-hybridized carbons (Fsp3) is 0.520. The maximum Gasteiger partial charge on any atom is 0.416 e. The van der Waals surface area contributed by atoms with E-state index < -0.39 is 11.7 Å². The molecule has 1 aliphatic carbocycles. The molecule has 2 fully saturated rings. The van der Waals surface area contributed by atoms with E-state index in [2.05, 4.69) is 17.0 Å². The van der Waals surface area contributed by atoms with Gasteiger partial charge in [-0.1, -0.05) is 36.6 Å². The predicted octanol–water partition coefficient (Wildman–Crippen LogP) is 6.96. The summed E-state index contributed by atoms with van der Waals surface area (Å²) in [5.74, 6) is 0.882. The first-order chi connectivity index (χ1) is 14.8. The number of ether oxygens (including phenoxy) is 1. The second-order valence-corrected chi connectivity index (χ2v) is 9.51. The van der Waals surface area contributed by atoms with Crippen molar-refractivity contribution in [2.75, 3.05) is 26.2 Å². The molecule has 1 atom stereocenters. The lowest BCUT2D eigenvalue weighted by Crippen LogP contribution is -2.47.